The standard InChI is InChI=1S/C22H30/c1-3-16-14-7-21(16)20-15-8-22(21,19(14)20)18(15)11-4-10(5-11)13-6-12-9(2)17(12)13/h9-20H,3-8H2,1-2H3. The van der Waals surface area contributed by atoms with E-state index >= 15 is 0 Å². The molecule has 6 bridgehead atoms. The van der Waals surface area contributed by atoms with Crippen molar-refractivity contribution in [3.63, 3.8) is 0 Å². The van der Waals surface area contributed by atoms with Gasteiger partial charge in [0.1, 0.15) is 0 Å². The Kier molecular flexibility index (Phi) is 1.51. The van der Waals surface area contributed by atoms with Gasteiger partial charge in [0, 0.05) is 0 Å². The average molecular weight is 294 g/mol. The van der Waals surface area contributed by atoms with Gasteiger partial charge in [0.25, 0.3) is 0 Å². The quantitative estimate of drug-likeness (QED) is 0.698. The summed E-state index contributed by atoms with van der Waals surface area (Å²) in [6.45, 7) is 5.03. The van der Waals surface area contributed by atoms with E-state index in [2.05, 4.69) is 13.8 Å². The molecule has 12 rings (SSSR count). The summed E-state index contributed by atoms with van der Waals surface area (Å²) in [5, 5.41) is 0. The highest BCUT2D eigenvalue weighted by atomic mass is 15.0. The molecule has 22 heavy (non-hydrogen) atoms. The highest BCUT2D eigenvalue weighted by Crippen LogP contribution is 3.05. The van der Waals surface area contributed by atoms with Gasteiger partial charge in [-0.25, -0.2) is 0 Å². The lowest BCUT2D eigenvalue weighted by Gasteiger charge is -2.62. The molecule has 0 aliphatic heterocycles. The van der Waals surface area contributed by atoms with Gasteiger partial charge in [0.2, 0.25) is 0 Å². The van der Waals surface area contributed by atoms with Crippen molar-refractivity contribution < 1.29 is 0 Å². The van der Waals surface area contributed by atoms with Gasteiger partial charge in [-0.2, -0.15) is 0 Å². The summed E-state index contributed by atoms with van der Waals surface area (Å²) in [5.74, 6) is 14.6. The minimum absolute atomic E-state index is 0.962. The summed E-state index contributed by atoms with van der Waals surface area (Å²) in [5.41, 5.74) is 1.93. The molecule has 0 saturated heterocycles. The number of fused-ring (bicyclic) bond motifs is 1. The van der Waals surface area contributed by atoms with E-state index in [9.17, 15) is 0 Å². The van der Waals surface area contributed by atoms with Crippen LogP contribution in [0.2, 0.25) is 0 Å². The molecule has 0 aromatic rings. The molecular weight excluding hydrogens is 264 g/mol. The van der Waals surface area contributed by atoms with Crippen LogP contribution in [-0.4, -0.2) is 0 Å². The van der Waals surface area contributed by atoms with E-state index in [1.165, 1.54) is 71.5 Å². The summed E-state index contributed by atoms with van der Waals surface area (Å²) in [6, 6.07) is 0. The zero-order valence-electron chi connectivity index (χ0n) is 14.2. The molecule has 0 amide bonds. The molecule has 0 radical (unpaired) electrons. The van der Waals surface area contributed by atoms with Crippen molar-refractivity contribution in [1.29, 1.82) is 0 Å². The monoisotopic (exact) mass is 294 g/mol. The zero-order chi connectivity index (χ0) is 14.2. The molecule has 0 N–H and O–H groups in total. The fourth-order valence-corrected chi connectivity index (χ4v) is 12.0. The normalized spacial score (nSPS) is 82.6. The van der Waals surface area contributed by atoms with Crippen LogP contribution in [-0.2, 0) is 0 Å². The van der Waals surface area contributed by atoms with Gasteiger partial charge in [-0.15, -0.1) is 0 Å². The predicted molar refractivity (Wildman–Crippen MR) is 85.8 cm³/mol. The molecule has 12 unspecified atom stereocenters. The summed E-state index contributed by atoms with van der Waals surface area (Å²) in [6.07, 6.45) is 9.94. The van der Waals surface area contributed by atoms with E-state index in [0.29, 0.717) is 0 Å². The lowest BCUT2D eigenvalue weighted by molar-refractivity contribution is -0.147. The molecule has 0 heteroatoms. The van der Waals surface area contributed by atoms with E-state index in [1.54, 1.807) is 32.1 Å². The molecule has 2 spiro atoms. The van der Waals surface area contributed by atoms with Crippen LogP contribution < -0.4 is 0 Å². The van der Waals surface area contributed by atoms with Crippen LogP contribution in [0.15, 0.2) is 0 Å². The van der Waals surface area contributed by atoms with E-state index in [4.69, 9.17) is 0 Å². The fraction of sp³-hybridized carbons (Fsp3) is 1.00. The second-order valence-electron chi connectivity index (χ2n) is 11.4. The third kappa shape index (κ3) is 0.737. The molecular formula is C22H30. The molecule has 12 atom stereocenters. The number of hydrogen-bond acceptors (Lipinski definition) is 0. The molecule has 12 aliphatic rings. The molecule has 0 aromatic carbocycles. The lowest BCUT2D eigenvalue weighted by atomic mass is 9.42. The van der Waals surface area contributed by atoms with Crippen molar-refractivity contribution in [2.24, 2.45) is 81.8 Å². The Morgan fingerprint density at radius 1 is 0.773 bits per heavy atom. The maximum atomic E-state index is 2.53. The molecule has 0 heterocycles. The van der Waals surface area contributed by atoms with Gasteiger partial charge < -0.3 is 0 Å². The second-order valence-corrected chi connectivity index (χ2v) is 11.4. The van der Waals surface area contributed by atoms with E-state index in [-0.39, 0.29) is 0 Å². The van der Waals surface area contributed by atoms with Crippen LogP contribution >= 0.6 is 0 Å². The van der Waals surface area contributed by atoms with Gasteiger partial charge in [-0.1, -0.05) is 20.3 Å². The van der Waals surface area contributed by atoms with Crippen LogP contribution in [0.5, 0.6) is 0 Å². The van der Waals surface area contributed by atoms with E-state index in [0.717, 1.165) is 16.7 Å². The smallest absolute Gasteiger partial charge is 0.0165 e. The Balaban J connectivity index is 1.06. The zero-order valence-corrected chi connectivity index (χ0v) is 14.2. The second kappa shape index (κ2) is 2.88. The predicted octanol–water partition coefficient (Wildman–Crippen LogP) is 4.84. The minimum atomic E-state index is 0.962. The van der Waals surface area contributed by atoms with Crippen molar-refractivity contribution in [2.45, 2.75) is 52.4 Å². The number of hydrogen-bond donors (Lipinski definition) is 0. The molecule has 0 nitrogen and oxygen atoms in total. The molecule has 0 aromatic heterocycles. The summed E-state index contributed by atoms with van der Waals surface area (Å²) < 4.78 is 0. The van der Waals surface area contributed by atoms with Gasteiger partial charge in [0.05, 0.1) is 0 Å². The van der Waals surface area contributed by atoms with Gasteiger partial charge in [-0.05, 0) is 114 Å². The van der Waals surface area contributed by atoms with Gasteiger partial charge >= 0.3 is 0 Å². The van der Waals surface area contributed by atoms with Crippen LogP contribution in [0, 0.1) is 81.8 Å². The van der Waals surface area contributed by atoms with Gasteiger partial charge in [-0.3, -0.25) is 0 Å². The van der Waals surface area contributed by atoms with Crippen molar-refractivity contribution in [3.05, 3.63) is 0 Å². The molecule has 12 saturated carbocycles. The Labute approximate surface area is 134 Å². The fourth-order valence-electron chi connectivity index (χ4n) is 12.0. The largest absolute Gasteiger partial charge is 0.0651 e. The van der Waals surface area contributed by atoms with Crippen LogP contribution in [0.3, 0.4) is 0 Å². The lowest BCUT2D eigenvalue weighted by Crippen LogP contribution is -2.57. The highest BCUT2D eigenvalue weighted by Gasteiger charge is 3.00. The van der Waals surface area contributed by atoms with Crippen LogP contribution in [0.1, 0.15) is 52.4 Å². The highest BCUT2D eigenvalue weighted by molar-refractivity contribution is 5.47. The van der Waals surface area contributed by atoms with Crippen molar-refractivity contribution in [3.8, 4) is 0 Å². The summed E-state index contributed by atoms with van der Waals surface area (Å²) in [4.78, 5) is 0. The van der Waals surface area contributed by atoms with Crippen molar-refractivity contribution >= 4 is 0 Å². The first-order valence-electron chi connectivity index (χ1n) is 10.7. The van der Waals surface area contributed by atoms with Crippen LogP contribution in [0.25, 0.3) is 0 Å². The maximum Gasteiger partial charge on any atom is -0.0165 e. The van der Waals surface area contributed by atoms with Gasteiger partial charge in [0.15, 0.2) is 0 Å². The summed E-state index contributed by atoms with van der Waals surface area (Å²) >= 11 is 0. The maximum absolute atomic E-state index is 2.53. The number of rotatable bonds is 3. The average Bonchev–Trinajstić information content (AvgIpc) is 3.02. The molecule has 118 valence electrons. The minimum Gasteiger partial charge on any atom is -0.0651 e. The SMILES string of the molecule is CCC1C2CC13C1C4CC3(C4C3CC(C4CC5C(C)C45)C3)C21. The summed E-state index contributed by atoms with van der Waals surface area (Å²) in [7, 11) is 0. The third-order valence-electron chi connectivity index (χ3n) is 12.2. The first kappa shape index (κ1) is 11.5. The Morgan fingerprint density at radius 2 is 1.55 bits per heavy atom. The topological polar surface area (TPSA) is 0 Å². The Morgan fingerprint density at radius 3 is 2.14 bits per heavy atom. The Bertz CT molecular complexity index is 612. The molecule has 12 aliphatic carbocycles. The Hall–Kier alpha value is 0. The van der Waals surface area contributed by atoms with Crippen LogP contribution in [0.4, 0.5) is 0 Å². The first-order chi connectivity index (χ1) is 10.7. The third-order valence-corrected chi connectivity index (χ3v) is 12.2. The first-order valence-corrected chi connectivity index (χ1v) is 10.7. The van der Waals surface area contributed by atoms with E-state index < -0.39 is 0 Å². The van der Waals surface area contributed by atoms with Crippen molar-refractivity contribution in [1.82, 2.24) is 0 Å². The molecule has 12 fully saturated rings. The van der Waals surface area contributed by atoms with E-state index in [1.807, 2.05) is 0 Å². The van der Waals surface area contributed by atoms with Crippen molar-refractivity contribution in [2.75, 3.05) is 0 Å².